The van der Waals surface area contributed by atoms with E-state index in [0.29, 0.717) is 11.4 Å². The molecule has 2 unspecified atom stereocenters. The summed E-state index contributed by atoms with van der Waals surface area (Å²) in [5, 5.41) is 0.335. The van der Waals surface area contributed by atoms with E-state index in [1.54, 1.807) is 0 Å². The van der Waals surface area contributed by atoms with E-state index in [1.807, 2.05) is 11.3 Å². The highest BCUT2D eigenvalue weighted by Gasteiger charge is 2.26. The molecule has 2 rings (SSSR count). The van der Waals surface area contributed by atoms with Gasteiger partial charge in [-0.15, -0.1) is 22.9 Å². The van der Waals surface area contributed by atoms with E-state index in [2.05, 4.69) is 40.0 Å². The molecule has 1 saturated carbocycles. The van der Waals surface area contributed by atoms with Crippen LogP contribution >= 0.6 is 38.9 Å². The maximum atomic E-state index is 6.40. The van der Waals surface area contributed by atoms with Gasteiger partial charge in [-0.3, -0.25) is 4.90 Å². The highest BCUT2D eigenvalue weighted by molar-refractivity contribution is 9.11. The molecule has 2 atom stereocenters. The van der Waals surface area contributed by atoms with Crippen LogP contribution < -0.4 is 0 Å². The fourth-order valence-electron chi connectivity index (χ4n) is 2.36. The lowest BCUT2D eigenvalue weighted by Crippen LogP contribution is -2.40. The molecule has 1 aliphatic rings. The Balaban J connectivity index is 1.93. The van der Waals surface area contributed by atoms with Crippen LogP contribution in [-0.2, 0) is 6.54 Å². The first-order chi connectivity index (χ1) is 7.66. The average molecular weight is 323 g/mol. The second kappa shape index (κ2) is 5.85. The lowest BCUT2D eigenvalue weighted by atomic mass is 9.94. The predicted molar refractivity (Wildman–Crippen MR) is 75.4 cm³/mol. The Labute approximate surface area is 115 Å². The third-order valence-corrected chi connectivity index (χ3v) is 5.37. The molecule has 0 aromatic carbocycles. The Morgan fingerprint density at radius 2 is 2.19 bits per heavy atom. The van der Waals surface area contributed by atoms with E-state index >= 15 is 0 Å². The largest absolute Gasteiger partial charge is 0.297 e. The van der Waals surface area contributed by atoms with Crippen LogP contribution in [0.25, 0.3) is 0 Å². The molecule has 0 aliphatic heterocycles. The monoisotopic (exact) mass is 321 g/mol. The SMILES string of the molecule is CN(Cc1ccc(Br)s1)C1CCCCC1Cl. The normalized spacial score (nSPS) is 26.2. The summed E-state index contributed by atoms with van der Waals surface area (Å²) in [6, 6.07) is 4.86. The van der Waals surface area contributed by atoms with Crippen molar-refractivity contribution in [1.82, 2.24) is 4.90 Å². The van der Waals surface area contributed by atoms with Crippen molar-refractivity contribution < 1.29 is 0 Å². The van der Waals surface area contributed by atoms with E-state index in [-0.39, 0.29) is 0 Å². The molecule has 1 aromatic rings. The highest BCUT2D eigenvalue weighted by atomic mass is 79.9. The number of hydrogen-bond acceptors (Lipinski definition) is 2. The summed E-state index contributed by atoms with van der Waals surface area (Å²) in [6.45, 7) is 1.02. The summed E-state index contributed by atoms with van der Waals surface area (Å²) in [5.74, 6) is 0. The van der Waals surface area contributed by atoms with E-state index in [4.69, 9.17) is 11.6 Å². The second-order valence-corrected chi connectivity index (χ2v) is 7.60. The quantitative estimate of drug-likeness (QED) is 0.741. The van der Waals surface area contributed by atoms with Crippen LogP contribution in [0.1, 0.15) is 30.6 Å². The van der Waals surface area contributed by atoms with Crippen molar-refractivity contribution in [1.29, 1.82) is 0 Å². The fourth-order valence-corrected chi connectivity index (χ4v) is 4.38. The lowest BCUT2D eigenvalue weighted by Gasteiger charge is -2.34. The summed E-state index contributed by atoms with van der Waals surface area (Å²) in [4.78, 5) is 3.82. The van der Waals surface area contributed by atoms with Crippen LogP contribution in [0.5, 0.6) is 0 Å². The summed E-state index contributed by atoms with van der Waals surface area (Å²) in [5.41, 5.74) is 0. The molecule has 1 heterocycles. The summed E-state index contributed by atoms with van der Waals surface area (Å²) in [6.07, 6.45) is 5.04. The number of nitrogens with zero attached hydrogens (tertiary/aromatic N) is 1. The third-order valence-electron chi connectivity index (χ3n) is 3.25. The van der Waals surface area contributed by atoms with Crippen molar-refractivity contribution in [3.8, 4) is 0 Å². The van der Waals surface area contributed by atoms with Gasteiger partial charge in [0.1, 0.15) is 0 Å². The molecule has 16 heavy (non-hydrogen) atoms. The van der Waals surface area contributed by atoms with Gasteiger partial charge in [-0.1, -0.05) is 12.8 Å². The Bertz CT molecular complexity index is 342. The summed E-state index contributed by atoms with van der Waals surface area (Å²) in [7, 11) is 2.19. The van der Waals surface area contributed by atoms with E-state index in [0.717, 1.165) is 6.54 Å². The Kier molecular flexibility index (Phi) is 4.71. The maximum Gasteiger partial charge on any atom is 0.0701 e. The first-order valence-corrected chi connectivity index (χ1v) is 7.80. The van der Waals surface area contributed by atoms with E-state index in [1.165, 1.54) is 34.3 Å². The highest BCUT2D eigenvalue weighted by Crippen LogP contribution is 2.29. The first kappa shape index (κ1) is 12.9. The molecule has 1 aliphatic carbocycles. The van der Waals surface area contributed by atoms with Gasteiger partial charge in [0.05, 0.1) is 3.79 Å². The third kappa shape index (κ3) is 3.22. The van der Waals surface area contributed by atoms with Crippen molar-refractivity contribution in [2.45, 2.75) is 43.6 Å². The number of rotatable bonds is 3. The zero-order valence-corrected chi connectivity index (χ0v) is 12.6. The van der Waals surface area contributed by atoms with Gasteiger partial charge in [0, 0.05) is 22.8 Å². The number of hydrogen-bond donors (Lipinski definition) is 0. The lowest BCUT2D eigenvalue weighted by molar-refractivity contribution is 0.190. The van der Waals surface area contributed by atoms with Crippen molar-refractivity contribution >= 4 is 38.9 Å². The predicted octanol–water partition coefficient (Wildman–Crippen LogP) is 4.49. The topological polar surface area (TPSA) is 3.24 Å². The number of halogens is 2. The van der Waals surface area contributed by atoms with Crippen LogP contribution in [-0.4, -0.2) is 23.4 Å². The van der Waals surface area contributed by atoms with Gasteiger partial charge >= 0.3 is 0 Å². The van der Waals surface area contributed by atoms with Crippen molar-refractivity contribution in [2.24, 2.45) is 0 Å². The molecular formula is C12H17BrClNS. The minimum Gasteiger partial charge on any atom is -0.297 e. The Morgan fingerprint density at radius 1 is 1.44 bits per heavy atom. The van der Waals surface area contributed by atoms with Crippen LogP contribution in [0.3, 0.4) is 0 Å². The zero-order valence-electron chi connectivity index (χ0n) is 9.46. The molecule has 90 valence electrons. The molecule has 0 bridgehead atoms. The minimum atomic E-state index is 0.335. The second-order valence-electron chi connectivity index (χ2n) is 4.49. The Hall–Kier alpha value is 0.430. The first-order valence-electron chi connectivity index (χ1n) is 5.75. The van der Waals surface area contributed by atoms with Crippen LogP contribution in [0.4, 0.5) is 0 Å². The smallest absolute Gasteiger partial charge is 0.0701 e. The van der Waals surface area contributed by atoms with E-state index in [9.17, 15) is 0 Å². The molecule has 0 amide bonds. The molecule has 1 aromatic heterocycles. The van der Waals surface area contributed by atoms with Crippen molar-refractivity contribution in [2.75, 3.05) is 7.05 Å². The number of alkyl halides is 1. The minimum absolute atomic E-state index is 0.335. The van der Waals surface area contributed by atoms with E-state index < -0.39 is 0 Å². The van der Waals surface area contributed by atoms with Crippen LogP contribution in [0.15, 0.2) is 15.9 Å². The molecule has 0 saturated heterocycles. The molecule has 0 radical (unpaired) electrons. The van der Waals surface area contributed by atoms with Crippen LogP contribution in [0.2, 0.25) is 0 Å². The zero-order chi connectivity index (χ0) is 11.5. The molecule has 0 N–H and O–H groups in total. The molecule has 1 fully saturated rings. The average Bonchev–Trinajstić information content (AvgIpc) is 2.64. The van der Waals surface area contributed by atoms with Gasteiger partial charge < -0.3 is 0 Å². The summed E-state index contributed by atoms with van der Waals surface area (Å²) < 4.78 is 1.21. The van der Waals surface area contributed by atoms with Crippen LogP contribution in [0, 0.1) is 0 Å². The standard InChI is InChI=1S/C12H17BrClNS/c1-15(8-9-6-7-12(13)16-9)11-5-3-2-4-10(11)14/h6-7,10-11H,2-5,8H2,1H3. The van der Waals surface area contributed by atoms with Gasteiger partial charge in [0.2, 0.25) is 0 Å². The van der Waals surface area contributed by atoms with Gasteiger partial charge in [-0.05, 0) is 48.0 Å². The maximum absolute atomic E-state index is 6.40. The van der Waals surface area contributed by atoms with Gasteiger partial charge in [0.25, 0.3) is 0 Å². The van der Waals surface area contributed by atoms with Crippen molar-refractivity contribution in [3.05, 3.63) is 20.8 Å². The summed E-state index contributed by atoms with van der Waals surface area (Å²) >= 11 is 11.7. The van der Waals surface area contributed by atoms with Gasteiger partial charge in [-0.2, -0.15) is 0 Å². The van der Waals surface area contributed by atoms with Gasteiger partial charge in [-0.25, -0.2) is 0 Å². The molecular weight excluding hydrogens is 306 g/mol. The molecule has 4 heteroatoms. The van der Waals surface area contributed by atoms with Crippen molar-refractivity contribution in [3.63, 3.8) is 0 Å². The Morgan fingerprint density at radius 3 is 2.81 bits per heavy atom. The van der Waals surface area contributed by atoms with Gasteiger partial charge in [0.15, 0.2) is 0 Å². The number of thiophene rings is 1. The molecule has 0 spiro atoms. The fraction of sp³-hybridized carbons (Fsp3) is 0.667. The molecule has 1 nitrogen and oxygen atoms in total.